The topological polar surface area (TPSA) is 25.8 Å². The van der Waals surface area contributed by atoms with Crippen molar-refractivity contribution in [3.63, 3.8) is 0 Å². The first-order chi connectivity index (χ1) is 8.88. The van der Waals surface area contributed by atoms with Crippen LogP contribution in [0.2, 0.25) is 0 Å². The molecule has 0 saturated carbocycles. The fourth-order valence-electron chi connectivity index (χ4n) is 0.979. The van der Waals surface area contributed by atoms with E-state index in [-0.39, 0.29) is 0 Å². The van der Waals surface area contributed by atoms with Crippen molar-refractivity contribution < 1.29 is 0 Å². The summed E-state index contributed by atoms with van der Waals surface area (Å²) in [5.41, 5.74) is 4.76. The summed E-state index contributed by atoms with van der Waals surface area (Å²) in [6, 6.07) is 8.13. The minimum Gasteiger partial charge on any atom is -0.253 e. The van der Waals surface area contributed by atoms with E-state index < -0.39 is 0 Å². The smallest absolute Gasteiger partial charge is 0.0812 e. The molecule has 2 aromatic heterocycles. The van der Waals surface area contributed by atoms with Crippen molar-refractivity contribution >= 4 is 32.9 Å². The second kappa shape index (κ2) is 9.50. The van der Waals surface area contributed by atoms with E-state index in [1.165, 1.54) is 4.70 Å². The molecule has 3 aromatic rings. The lowest BCUT2D eigenvalue weighted by molar-refractivity contribution is 1.43. The molecule has 0 fully saturated rings. The number of aromatic nitrogens is 2. The third-order valence-electron chi connectivity index (χ3n) is 1.92. The zero-order valence-electron chi connectivity index (χ0n) is 10.5. The predicted octanol–water partition coefficient (Wildman–Crippen LogP) is 5.02. The maximum atomic E-state index is 4.14. The first-order valence-corrected chi connectivity index (χ1v) is 7.38. The van der Waals surface area contributed by atoms with Crippen LogP contribution in [-0.2, 0) is 0 Å². The number of thiazole rings is 2. The molecule has 0 radical (unpaired) electrons. The number of allylic oxidation sites excluding steroid dienone is 2. The van der Waals surface area contributed by atoms with Gasteiger partial charge in [0, 0.05) is 11.6 Å². The van der Waals surface area contributed by atoms with Gasteiger partial charge in [-0.1, -0.05) is 24.3 Å². The van der Waals surface area contributed by atoms with E-state index in [1.54, 1.807) is 34.4 Å². The molecule has 0 N–H and O–H groups in total. The lowest BCUT2D eigenvalue weighted by Gasteiger charge is -1.80. The normalized spacial score (nSPS) is 9.44. The second-order valence-corrected chi connectivity index (χ2v) is 4.80. The third-order valence-corrected chi connectivity index (χ3v) is 3.25. The molecular formula is C14H16N2S2. The van der Waals surface area contributed by atoms with Crippen molar-refractivity contribution in [3.8, 4) is 0 Å². The van der Waals surface area contributed by atoms with E-state index in [2.05, 4.69) is 16.0 Å². The Balaban J connectivity index is 0.000000154. The number of fused-ring (bicyclic) bond motifs is 1. The van der Waals surface area contributed by atoms with Gasteiger partial charge in [0.1, 0.15) is 0 Å². The van der Waals surface area contributed by atoms with Gasteiger partial charge < -0.3 is 0 Å². The van der Waals surface area contributed by atoms with Gasteiger partial charge in [-0.25, -0.2) is 4.98 Å². The van der Waals surface area contributed by atoms with Crippen LogP contribution in [0, 0.1) is 0 Å². The van der Waals surface area contributed by atoms with Crippen molar-refractivity contribution in [3.05, 3.63) is 59.0 Å². The second-order valence-electron chi connectivity index (χ2n) is 3.16. The van der Waals surface area contributed by atoms with Crippen LogP contribution in [0.25, 0.3) is 10.2 Å². The maximum absolute atomic E-state index is 4.14. The highest BCUT2D eigenvalue weighted by molar-refractivity contribution is 7.16. The molecule has 94 valence electrons. The number of rotatable bonds is 0. The molecule has 0 aliphatic heterocycles. The lowest BCUT2D eigenvalue weighted by Crippen LogP contribution is -1.61. The minimum atomic E-state index is 1.10. The molecule has 0 saturated heterocycles. The summed E-state index contributed by atoms with van der Waals surface area (Å²) in [7, 11) is 0. The van der Waals surface area contributed by atoms with Gasteiger partial charge in [-0.3, -0.25) is 4.98 Å². The maximum Gasteiger partial charge on any atom is 0.0812 e. The Morgan fingerprint density at radius 1 is 1.06 bits per heavy atom. The van der Waals surface area contributed by atoms with Crippen molar-refractivity contribution in [1.29, 1.82) is 0 Å². The summed E-state index contributed by atoms with van der Waals surface area (Å²) in [5, 5.41) is 1.93. The fourth-order valence-corrected chi connectivity index (χ4v) is 2.01. The van der Waals surface area contributed by atoms with Crippen LogP contribution in [0.4, 0.5) is 0 Å². The first-order valence-electron chi connectivity index (χ1n) is 5.56. The monoisotopic (exact) mass is 276 g/mol. The van der Waals surface area contributed by atoms with Gasteiger partial charge in [-0.15, -0.1) is 22.7 Å². The van der Waals surface area contributed by atoms with E-state index in [0.29, 0.717) is 0 Å². The quantitative estimate of drug-likeness (QED) is 0.539. The van der Waals surface area contributed by atoms with Crippen LogP contribution in [0.15, 0.2) is 59.0 Å². The third kappa shape index (κ3) is 5.70. The highest BCUT2D eigenvalue weighted by atomic mass is 32.1. The van der Waals surface area contributed by atoms with Crippen molar-refractivity contribution in [2.24, 2.45) is 0 Å². The Morgan fingerprint density at radius 2 is 1.83 bits per heavy atom. The molecular weight excluding hydrogens is 260 g/mol. The van der Waals surface area contributed by atoms with E-state index in [1.807, 2.05) is 55.1 Å². The largest absolute Gasteiger partial charge is 0.253 e. The summed E-state index contributed by atoms with van der Waals surface area (Å²) < 4.78 is 1.26. The predicted molar refractivity (Wildman–Crippen MR) is 82.2 cm³/mol. The summed E-state index contributed by atoms with van der Waals surface area (Å²) in [5.74, 6) is 0. The molecule has 0 bridgehead atoms. The highest BCUT2D eigenvalue weighted by Crippen LogP contribution is 2.15. The summed E-state index contributed by atoms with van der Waals surface area (Å²) >= 11 is 3.28. The number of hydrogen-bond acceptors (Lipinski definition) is 4. The number of benzene rings is 1. The van der Waals surface area contributed by atoms with Crippen LogP contribution in [-0.4, -0.2) is 9.97 Å². The number of para-hydroxylation sites is 1. The van der Waals surface area contributed by atoms with Gasteiger partial charge in [0.15, 0.2) is 0 Å². The average Bonchev–Trinajstić information content (AvgIpc) is 3.12. The van der Waals surface area contributed by atoms with Crippen molar-refractivity contribution in [2.45, 2.75) is 13.8 Å². The number of hydrogen-bond donors (Lipinski definition) is 0. The molecule has 2 nitrogen and oxygen atoms in total. The first kappa shape index (κ1) is 14.5. The van der Waals surface area contributed by atoms with E-state index in [4.69, 9.17) is 0 Å². The zero-order chi connectivity index (χ0) is 13.1. The SMILES string of the molecule is C/C=C\C.c1ccc2scnc2c1.c1cscn1. The standard InChI is InChI=1S/C7H5NS.C4H8.C3H3NS/c1-2-4-7-6(3-1)8-5-9-7;1-3-4-2;1-2-5-3-4-1/h1-5H;3-4H,1-2H3;1-3H/b;4-3-;. The Morgan fingerprint density at radius 3 is 2.33 bits per heavy atom. The Hall–Kier alpha value is -1.52. The Labute approximate surface area is 116 Å². The van der Waals surface area contributed by atoms with Crippen LogP contribution in [0.1, 0.15) is 13.8 Å². The minimum absolute atomic E-state index is 1.10. The van der Waals surface area contributed by atoms with Crippen LogP contribution in [0.3, 0.4) is 0 Å². The molecule has 0 amide bonds. The molecule has 0 atom stereocenters. The summed E-state index contributed by atoms with van der Waals surface area (Å²) in [6.45, 7) is 4.00. The highest BCUT2D eigenvalue weighted by Gasteiger charge is 1.89. The van der Waals surface area contributed by atoms with Crippen molar-refractivity contribution in [1.82, 2.24) is 9.97 Å². The fraction of sp³-hybridized carbons (Fsp3) is 0.143. The van der Waals surface area contributed by atoms with Crippen LogP contribution in [0.5, 0.6) is 0 Å². The molecule has 0 spiro atoms. The van der Waals surface area contributed by atoms with Crippen LogP contribution < -0.4 is 0 Å². The Bertz CT molecular complexity index is 490. The molecule has 0 aliphatic carbocycles. The summed E-state index contributed by atoms with van der Waals surface area (Å²) in [4.78, 5) is 7.88. The Kier molecular flexibility index (Phi) is 7.68. The van der Waals surface area contributed by atoms with Gasteiger partial charge >= 0.3 is 0 Å². The van der Waals surface area contributed by atoms with Crippen molar-refractivity contribution in [2.75, 3.05) is 0 Å². The van der Waals surface area contributed by atoms with E-state index >= 15 is 0 Å². The molecule has 0 aliphatic rings. The molecule has 2 heterocycles. The molecule has 0 unspecified atom stereocenters. The zero-order valence-corrected chi connectivity index (χ0v) is 12.1. The molecule has 1 aromatic carbocycles. The van der Waals surface area contributed by atoms with Gasteiger partial charge in [0.05, 0.1) is 21.2 Å². The molecule has 4 heteroatoms. The van der Waals surface area contributed by atoms with E-state index in [9.17, 15) is 0 Å². The summed E-state index contributed by atoms with van der Waals surface area (Å²) in [6.07, 6.45) is 5.77. The number of nitrogens with zero attached hydrogens (tertiary/aromatic N) is 2. The average molecular weight is 276 g/mol. The van der Waals surface area contributed by atoms with Gasteiger partial charge in [-0.2, -0.15) is 0 Å². The molecule has 18 heavy (non-hydrogen) atoms. The van der Waals surface area contributed by atoms with E-state index in [0.717, 1.165) is 5.52 Å². The van der Waals surface area contributed by atoms with Gasteiger partial charge in [0.25, 0.3) is 0 Å². The molecule has 3 rings (SSSR count). The van der Waals surface area contributed by atoms with Gasteiger partial charge in [-0.05, 0) is 26.0 Å². The van der Waals surface area contributed by atoms with Crippen LogP contribution >= 0.6 is 22.7 Å². The lowest BCUT2D eigenvalue weighted by atomic mass is 10.3. The van der Waals surface area contributed by atoms with Gasteiger partial charge in [0.2, 0.25) is 0 Å².